The van der Waals surface area contributed by atoms with Crippen molar-refractivity contribution in [2.24, 2.45) is 5.92 Å². The highest BCUT2D eigenvalue weighted by molar-refractivity contribution is 5.04. The van der Waals surface area contributed by atoms with Gasteiger partial charge < -0.3 is 14.8 Å². The Morgan fingerprint density at radius 3 is 2.65 bits per heavy atom. The molecular weight excluding hydrogens is 214 g/mol. The van der Waals surface area contributed by atoms with E-state index in [-0.39, 0.29) is 6.04 Å². The summed E-state index contributed by atoms with van der Waals surface area (Å²) in [7, 11) is 0. The van der Waals surface area contributed by atoms with E-state index in [9.17, 15) is 5.11 Å². The Morgan fingerprint density at radius 1 is 1.47 bits per heavy atom. The van der Waals surface area contributed by atoms with Crippen LogP contribution in [0, 0.1) is 5.92 Å². The van der Waals surface area contributed by atoms with Crippen molar-refractivity contribution < 1.29 is 9.52 Å². The minimum Gasteiger partial charge on any atom is -0.468 e. The summed E-state index contributed by atoms with van der Waals surface area (Å²) in [6.07, 6.45) is 3.44. The fourth-order valence-electron chi connectivity index (χ4n) is 2.23. The highest BCUT2D eigenvalue weighted by Crippen LogP contribution is 2.20. The second-order valence-corrected chi connectivity index (χ2v) is 5.45. The Balaban J connectivity index is 2.48. The summed E-state index contributed by atoms with van der Waals surface area (Å²) in [5, 5.41) is 13.6. The van der Waals surface area contributed by atoms with Gasteiger partial charge in [-0.2, -0.15) is 0 Å². The first-order valence-electron chi connectivity index (χ1n) is 6.44. The van der Waals surface area contributed by atoms with E-state index >= 15 is 0 Å². The molecule has 0 aliphatic rings. The SMILES string of the molecule is CCC(NCC(C)(O)CC(C)C)c1ccco1. The normalized spacial score (nSPS) is 17.1. The van der Waals surface area contributed by atoms with Gasteiger partial charge in [0.2, 0.25) is 0 Å². The molecule has 0 fully saturated rings. The molecule has 1 rings (SSSR count). The largest absolute Gasteiger partial charge is 0.468 e. The summed E-state index contributed by atoms with van der Waals surface area (Å²) >= 11 is 0. The zero-order chi connectivity index (χ0) is 12.9. The van der Waals surface area contributed by atoms with Crippen LogP contribution in [0.4, 0.5) is 0 Å². The van der Waals surface area contributed by atoms with E-state index in [0.29, 0.717) is 12.5 Å². The van der Waals surface area contributed by atoms with Gasteiger partial charge in [-0.25, -0.2) is 0 Å². The second kappa shape index (κ2) is 6.22. The quantitative estimate of drug-likeness (QED) is 0.768. The van der Waals surface area contributed by atoms with Gasteiger partial charge in [0.05, 0.1) is 17.9 Å². The van der Waals surface area contributed by atoms with Crippen LogP contribution in [-0.2, 0) is 0 Å². The van der Waals surface area contributed by atoms with E-state index in [1.807, 2.05) is 19.1 Å². The Kier molecular flexibility index (Phi) is 5.22. The van der Waals surface area contributed by atoms with E-state index in [2.05, 4.69) is 26.1 Å². The van der Waals surface area contributed by atoms with Gasteiger partial charge in [-0.3, -0.25) is 0 Å². The maximum Gasteiger partial charge on any atom is 0.120 e. The third-order valence-electron chi connectivity index (χ3n) is 2.87. The summed E-state index contributed by atoms with van der Waals surface area (Å²) in [5.41, 5.74) is -0.659. The van der Waals surface area contributed by atoms with Gasteiger partial charge in [0.1, 0.15) is 5.76 Å². The van der Waals surface area contributed by atoms with Gasteiger partial charge >= 0.3 is 0 Å². The van der Waals surface area contributed by atoms with Crippen LogP contribution >= 0.6 is 0 Å². The van der Waals surface area contributed by atoms with Crippen LogP contribution in [-0.4, -0.2) is 17.3 Å². The monoisotopic (exact) mass is 239 g/mol. The maximum absolute atomic E-state index is 10.2. The molecule has 1 heterocycles. The highest BCUT2D eigenvalue weighted by Gasteiger charge is 2.23. The first-order valence-corrected chi connectivity index (χ1v) is 6.44. The van der Waals surface area contributed by atoms with Crippen molar-refractivity contribution in [3.8, 4) is 0 Å². The predicted octanol–water partition coefficient (Wildman–Crippen LogP) is 3.12. The molecule has 0 aliphatic heterocycles. The lowest BCUT2D eigenvalue weighted by atomic mass is 9.94. The average Bonchev–Trinajstić information content (AvgIpc) is 2.69. The lowest BCUT2D eigenvalue weighted by molar-refractivity contribution is 0.0350. The fraction of sp³-hybridized carbons (Fsp3) is 0.714. The van der Waals surface area contributed by atoms with Crippen molar-refractivity contribution in [1.82, 2.24) is 5.32 Å². The van der Waals surface area contributed by atoms with Crippen molar-refractivity contribution in [2.45, 2.75) is 52.2 Å². The molecule has 2 atom stereocenters. The van der Waals surface area contributed by atoms with Gasteiger partial charge in [0.25, 0.3) is 0 Å². The summed E-state index contributed by atoms with van der Waals surface area (Å²) < 4.78 is 5.39. The predicted molar refractivity (Wildman–Crippen MR) is 69.8 cm³/mol. The third-order valence-corrected chi connectivity index (χ3v) is 2.87. The van der Waals surface area contributed by atoms with Crippen LogP contribution in [0.15, 0.2) is 22.8 Å². The molecule has 0 aromatic carbocycles. The number of aliphatic hydroxyl groups is 1. The Morgan fingerprint density at radius 2 is 2.18 bits per heavy atom. The van der Waals surface area contributed by atoms with Crippen LogP contribution < -0.4 is 5.32 Å². The molecule has 2 unspecified atom stereocenters. The second-order valence-electron chi connectivity index (χ2n) is 5.45. The summed E-state index contributed by atoms with van der Waals surface area (Å²) in [4.78, 5) is 0. The van der Waals surface area contributed by atoms with Crippen LogP contribution in [0.5, 0.6) is 0 Å². The molecule has 0 amide bonds. The molecule has 98 valence electrons. The minimum atomic E-state index is -0.659. The van der Waals surface area contributed by atoms with E-state index in [1.54, 1.807) is 6.26 Å². The first-order chi connectivity index (χ1) is 7.94. The number of rotatable bonds is 7. The molecule has 0 radical (unpaired) electrons. The Labute approximate surface area is 104 Å². The van der Waals surface area contributed by atoms with Crippen molar-refractivity contribution in [3.63, 3.8) is 0 Å². The molecule has 3 nitrogen and oxygen atoms in total. The zero-order valence-electron chi connectivity index (χ0n) is 11.4. The summed E-state index contributed by atoms with van der Waals surface area (Å²) in [6, 6.07) is 4.05. The van der Waals surface area contributed by atoms with Gasteiger partial charge in [-0.1, -0.05) is 20.8 Å². The van der Waals surface area contributed by atoms with Crippen LogP contribution in [0.25, 0.3) is 0 Å². The van der Waals surface area contributed by atoms with Crippen LogP contribution in [0.1, 0.15) is 52.3 Å². The summed E-state index contributed by atoms with van der Waals surface area (Å²) in [6.45, 7) is 8.83. The van der Waals surface area contributed by atoms with Crippen LogP contribution in [0.2, 0.25) is 0 Å². The van der Waals surface area contributed by atoms with Crippen molar-refractivity contribution in [2.75, 3.05) is 6.54 Å². The lowest BCUT2D eigenvalue weighted by Gasteiger charge is -2.27. The minimum absolute atomic E-state index is 0.184. The zero-order valence-corrected chi connectivity index (χ0v) is 11.4. The third kappa shape index (κ3) is 4.92. The van der Waals surface area contributed by atoms with Gasteiger partial charge in [0, 0.05) is 6.54 Å². The van der Waals surface area contributed by atoms with Crippen LogP contribution in [0.3, 0.4) is 0 Å². The van der Waals surface area contributed by atoms with Crippen molar-refractivity contribution in [1.29, 1.82) is 0 Å². The number of hydrogen-bond acceptors (Lipinski definition) is 3. The topological polar surface area (TPSA) is 45.4 Å². The van der Waals surface area contributed by atoms with Gasteiger partial charge in [-0.05, 0) is 37.8 Å². The molecule has 0 bridgehead atoms. The van der Waals surface area contributed by atoms with E-state index < -0.39 is 5.60 Å². The molecule has 3 heteroatoms. The standard InChI is InChI=1S/C14H25NO2/c1-5-12(13-7-6-8-17-13)15-10-14(4,16)9-11(2)3/h6-8,11-12,15-16H,5,9-10H2,1-4H3. The van der Waals surface area contributed by atoms with E-state index in [1.165, 1.54) is 0 Å². The molecule has 17 heavy (non-hydrogen) atoms. The average molecular weight is 239 g/mol. The molecule has 2 N–H and O–H groups in total. The van der Waals surface area contributed by atoms with E-state index in [0.717, 1.165) is 18.6 Å². The Bertz CT molecular complexity index is 304. The number of nitrogens with one attached hydrogen (secondary N) is 1. The molecule has 1 aromatic rings. The molecular formula is C14H25NO2. The van der Waals surface area contributed by atoms with Gasteiger partial charge in [0.15, 0.2) is 0 Å². The molecule has 1 aromatic heterocycles. The van der Waals surface area contributed by atoms with Gasteiger partial charge in [-0.15, -0.1) is 0 Å². The number of furan rings is 1. The molecule has 0 aliphatic carbocycles. The van der Waals surface area contributed by atoms with Crippen molar-refractivity contribution >= 4 is 0 Å². The molecule has 0 saturated carbocycles. The molecule has 0 spiro atoms. The fourth-order valence-corrected chi connectivity index (χ4v) is 2.23. The smallest absolute Gasteiger partial charge is 0.120 e. The highest BCUT2D eigenvalue weighted by atomic mass is 16.3. The Hall–Kier alpha value is -0.800. The lowest BCUT2D eigenvalue weighted by Crippen LogP contribution is -2.40. The maximum atomic E-state index is 10.2. The van der Waals surface area contributed by atoms with Crippen molar-refractivity contribution in [3.05, 3.63) is 24.2 Å². The molecule has 0 saturated heterocycles. The number of hydrogen-bond donors (Lipinski definition) is 2. The van der Waals surface area contributed by atoms with E-state index in [4.69, 9.17) is 4.42 Å². The first kappa shape index (κ1) is 14.3. The summed E-state index contributed by atoms with van der Waals surface area (Å²) in [5.74, 6) is 1.43.